The molecule has 2 aromatic rings. The van der Waals surface area contributed by atoms with Crippen molar-refractivity contribution in [2.24, 2.45) is 0 Å². The molecule has 2 N–H and O–H groups in total. The summed E-state index contributed by atoms with van der Waals surface area (Å²) in [4.78, 5) is 0. The quantitative estimate of drug-likeness (QED) is 0.174. The van der Waals surface area contributed by atoms with E-state index in [2.05, 4.69) is 22.3 Å². The second-order valence-electron chi connectivity index (χ2n) is 10.4. The third kappa shape index (κ3) is 10.5. The Balaban J connectivity index is 1.87. The molecule has 2 atom stereocenters. The Hall–Kier alpha value is -2.28. The second kappa shape index (κ2) is 14.8. The third-order valence-electron chi connectivity index (χ3n) is 5.70. The Bertz CT molecular complexity index is 1080. The van der Waals surface area contributed by atoms with Gasteiger partial charge >= 0.3 is 0 Å². The minimum absolute atomic E-state index is 0.128. The van der Waals surface area contributed by atoms with Crippen molar-refractivity contribution in [1.29, 1.82) is 10.5 Å². The van der Waals surface area contributed by atoms with Gasteiger partial charge in [0.15, 0.2) is 0 Å². The van der Waals surface area contributed by atoms with E-state index in [1.165, 1.54) is 0 Å². The van der Waals surface area contributed by atoms with Crippen molar-refractivity contribution in [1.82, 2.24) is 10.2 Å². The molecule has 38 heavy (non-hydrogen) atoms. The molecule has 206 valence electrons. The van der Waals surface area contributed by atoms with Gasteiger partial charge in [-0.1, -0.05) is 49.2 Å². The molecule has 0 aliphatic heterocycles. The van der Waals surface area contributed by atoms with Gasteiger partial charge in [-0.3, -0.25) is 9.13 Å². The van der Waals surface area contributed by atoms with Gasteiger partial charge in [0.25, 0.3) is 15.0 Å². The molecule has 2 unspecified atom stereocenters. The summed E-state index contributed by atoms with van der Waals surface area (Å²) in [6.45, 7) is 8.05. The topological polar surface area (TPSA) is 124 Å². The summed E-state index contributed by atoms with van der Waals surface area (Å²) in [5.41, 5.74) is -1.70. The average molecular weight is 559 g/mol. The minimum atomic E-state index is -3.36. The van der Waals surface area contributed by atoms with Gasteiger partial charge in [0.1, 0.15) is 0 Å². The van der Waals surface area contributed by atoms with Crippen molar-refractivity contribution in [3.63, 3.8) is 0 Å². The highest BCUT2D eigenvalue weighted by molar-refractivity contribution is 7.65. The maximum atomic E-state index is 13.7. The Labute approximate surface area is 227 Å². The van der Waals surface area contributed by atoms with Gasteiger partial charge in [-0.15, -0.1) is 0 Å². The molecule has 0 bridgehead atoms. The molecule has 0 fully saturated rings. The number of hydrogen-bond acceptors (Lipinski definition) is 6. The van der Waals surface area contributed by atoms with Crippen molar-refractivity contribution >= 4 is 25.6 Å². The molecule has 0 heterocycles. The zero-order chi connectivity index (χ0) is 28.1. The van der Waals surface area contributed by atoms with Crippen LogP contribution in [0.2, 0.25) is 0 Å². The Morgan fingerprint density at radius 3 is 1.32 bits per heavy atom. The lowest BCUT2D eigenvalue weighted by Crippen LogP contribution is -2.31. The van der Waals surface area contributed by atoms with Crippen LogP contribution in [-0.2, 0) is 18.2 Å². The smallest absolute Gasteiger partial charge is 0.300 e. The van der Waals surface area contributed by atoms with Crippen molar-refractivity contribution in [2.45, 2.75) is 77.4 Å². The van der Waals surface area contributed by atoms with Crippen LogP contribution in [0.5, 0.6) is 0 Å². The van der Waals surface area contributed by atoms with Gasteiger partial charge in [-0.2, -0.15) is 10.5 Å². The molecule has 0 saturated carbocycles. The normalized spacial score (nSPS) is 15.1. The zero-order valence-electron chi connectivity index (χ0n) is 22.9. The Kier molecular flexibility index (Phi) is 12.4. The summed E-state index contributed by atoms with van der Waals surface area (Å²) in [6.07, 6.45) is 3.57. The predicted octanol–water partition coefficient (Wildman–Crippen LogP) is 6.18. The number of unbranched alkanes of at least 4 members (excludes halogenated alkanes) is 3. The first-order valence-electron chi connectivity index (χ1n) is 12.9. The van der Waals surface area contributed by atoms with Crippen LogP contribution < -0.4 is 20.8 Å². The highest BCUT2D eigenvalue weighted by Gasteiger charge is 2.34. The molecule has 0 aromatic heterocycles. The molecule has 8 nitrogen and oxygen atoms in total. The Morgan fingerprint density at radius 2 is 1.00 bits per heavy atom. The van der Waals surface area contributed by atoms with Crippen LogP contribution in [0.4, 0.5) is 0 Å². The third-order valence-corrected chi connectivity index (χ3v) is 10.4. The monoisotopic (exact) mass is 558 g/mol. The highest BCUT2D eigenvalue weighted by atomic mass is 31.2. The molecule has 2 rings (SSSR count). The zero-order valence-corrected chi connectivity index (χ0v) is 24.6. The van der Waals surface area contributed by atoms with Crippen LogP contribution >= 0.6 is 15.0 Å². The van der Waals surface area contributed by atoms with E-state index in [1.54, 1.807) is 52.0 Å². The van der Waals surface area contributed by atoms with Gasteiger partial charge in [-0.05, 0) is 64.8 Å². The summed E-state index contributed by atoms with van der Waals surface area (Å²) < 4.78 is 39.4. The molecule has 10 heteroatoms. The average Bonchev–Trinajstić information content (AvgIpc) is 2.86. The van der Waals surface area contributed by atoms with Crippen LogP contribution in [0, 0.1) is 22.7 Å². The number of rotatable bonds is 17. The number of hydrogen-bond donors (Lipinski definition) is 2. The molecule has 0 aliphatic rings. The van der Waals surface area contributed by atoms with Gasteiger partial charge in [-0.25, -0.2) is 10.2 Å². The van der Waals surface area contributed by atoms with E-state index in [9.17, 15) is 9.13 Å². The number of nitrogens with one attached hydrogen (secondary N) is 2. The van der Waals surface area contributed by atoms with Crippen LogP contribution in [0.15, 0.2) is 60.7 Å². The van der Waals surface area contributed by atoms with Crippen LogP contribution in [0.1, 0.15) is 66.2 Å². The first kappa shape index (κ1) is 31.9. The van der Waals surface area contributed by atoms with Gasteiger partial charge < -0.3 is 9.05 Å². The van der Waals surface area contributed by atoms with Gasteiger partial charge in [0.05, 0.1) is 46.8 Å². The number of nitrogens with zero attached hydrogens (tertiary/aromatic N) is 2. The summed E-state index contributed by atoms with van der Waals surface area (Å²) in [7, 11) is -6.71. The summed E-state index contributed by atoms with van der Waals surface area (Å²) in [6, 6.07) is 22.2. The molecular formula is C28H40N4O4P2. The summed E-state index contributed by atoms with van der Waals surface area (Å²) in [5.74, 6) is 0. The Morgan fingerprint density at radius 1 is 0.658 bits per heavy atom. The van der Waals surface area contributed by atoms with E-state index in [0.29, 0.717) is 23.7 Å². The van der Waals surface area contributed by atoms with Crippen molar-refractivity contribution < 1.29 is 18.2 Å². The molecule has 0 saturated heterocycles. The van der Waals surface area contributed by atoms with E-state index < -0.39 is 26.2 Å². The molecule has 0 spiro atoms. The fourth-order valence-electron chi connectivity index (χ4n) is 3.80. The van der Waals surface area contributed by atoms with E-state index >= 15 is 0 Å². The first-order chi connectivity index (χ1) is 18.0. The lowest BCUT2D eigenvalue weighted by molar-refractivity contribution is 0.117. The molecule has 0 radical (unpaired) electrons. The standard InChI is InChI=1S/C28H40N4O4P2/c1-27(2,19-21-29)35-37(33,25-15-9-7-10-16-25)31-23-13-5-6-14-24-32-38(34,26-17-11-8-12-18-26)36-28(3,4)20-22-30/h7-12,15-18H,5-6,13-14,19-20,23-24H2,1-4H3,(H,31,33)(H,32,34). The van der Waals surface area contributed by atoms with Gasteiger partial charge in [0, 0.05) is 13.1 Å². The van der Waals surface area contributed by atoms with Crippen molar-refractivity contribution in [2.75, 3.05) is 13.1 Å². The summed E-state index contributed by atoms with van der Waals surface area (Å²) in [5, 5.41) is 25.6. The van der Waals surface area contributed by atoms with Gasteiger partial charge in [0.2, 0.25) is 0 Å². The second-order valence-corrected chi connectivity index (χ2v) is 14.6. The first-order valence-corrected chi connectivity index (χ1v) is 16.2. The maximum absolute atomic E-state index is 13.7. The predicted molar refractivity (Wildman–Crippen MR) is 153 cm³/mol. The van der Waals surface area contributed by atoms with E-state index in [1.807, 2.05) is 36.4 Å². The van der Waals surface area contributed by atoms with E-state index in [-0.39, 0.29) is 12.8 Å². The van der Waals surface area contributed by atoms with Crippen LogP contribution in [0.25, 0.3) is 0 Å². The lowest BCUT2D eigenvalue weighted by Gasteiger charge is -2.30. The molecule has 2 aromatic carbocycles. The molecular weight excluding hydrogens is 518 g/mol. The summed E-state index contributed by atoms with van der Waals surface area (Å²) >= 11 is 0. The lowest BCUT2D eigenvalue weighted by atomic mass is 10.1. The van der Waals surface area contributed by atoms with Crippen molar-refractivity contribution in [3.05, 3.63) is 60.7 Å². The maximum Gasteiger partial charge on any atom is 0.300 e. The number of benzene rings is 2. The number of nitriles is 2. The highest BCUT2D eigenvalue weighted by Crippen LogP contribution is 2.47. The van der Waals surface area contributed by atoms with Crippen molar-refractivity contribution in [3.8, 4) is 12.1 Å². The van der Waals surface area contributed by atoms with E-state index in [0.717, 1.165) is 25.7 Å². The fourth-order valence-corrected chi connectivity index (χ4v) is 8.06. The largest absolute Gasteiger partial charge is 0.307 e. The minimum Gasteiger partial charge on any atom is -0.307 e. The fraction of sp³-hybridized carbons (Fsp3) is 0.500. The SMILES string of the molecule is CC(C)(CC#N)OP(=O)(NCCCCCCNP(=O)(OC(C)(C)CC#N)c1ccccc1)c1ccccc1. The molecule has 0 aliphatic carbocycles. The van der Waals surface area contributed by atoms with Crippen LogP contribution in [0.3, 0.4) is 0 Å². The van der Waals surface area contributed by atoms with E-state index in [4.69, 9.17) is 19.6 Å². The molecule has 0 amide bonds. The van der Waals surface area contributed by atoms with Crippen LogP contribution in [-0.4, -0.2) is 24.3 Å².